The number of amidine groups is 1. The van der Waals surface area contributed by atoms with E-state index in [2.05, 4.69) is 4.99 Å². The van der Waals surface area contributed by atoms with Gasteiger partial charge in [0.05, 0.1) is 18.8 Å². The lowest BCUT2D eigenvalue weighted by molar-refractivity contribution is -0.106. The third-order valence-electron chi connectivity index (χ3n) is 3.33. The fraction of sp³-hybridized carbons (Fsp3) is 0.500. The monoisotopic (exact) mass is 296 g/mol. The molecule has 0 aliphatic carbocycles. The minimum absolute atomic E-state index is 0.321. The molecule has 0 saturated carbocycles. The van der Waals surface area contributed by atoms with Gasteiger partial charge in [0.15, 0.2) is 0 Å². The molecule has 1 aliphatic rings. The molecule has 0 aromatic heterocycles. The number of aliphatic hydroxyl groups excluding tert-OH is 4. The van der Waals surface area contributed by atoms with Gasteiger partial charge in [-0.2, -0.15) is 4.99 Å². The summed E-state index contributed by atoms with van der Waals surface area (Å²) in [5, 5.41) is 37.9. The van der Waals surface area contributed by atoms with E-state index >= 15 is 0 Å². The van der Waals surface area contributed by atoms with Gasteiger partial charge < -0.3 is 30.1 Å². The second-order valence-electron chi connectivity index (χ2n) is 5.00. The zero-order chi connectivity index (χ0) is 15.4. The van der Waals surface area contributed by atoms with Crippen LogP contribution in [0.4, 0.5) is 5.69 Å². The number of hydrogen-bond donors (Lipinski definition) is 4. The molecule has 1 aromatic carbocycles. The molecule has 1 aromatic rings. The Morgan fingerprint density at radius 3 is 2.57 bits per heavy atom. The molecule has 7 heteroatoms. The largest absolute Gasteiger partial charge is 0.457 e. The molecule has 21 heavy (non-hydrogen) atoms. The minimum Gasteiger partial charge on any atom is -0.457 e. The summed E-state index contributed by atoms with van der Waals surface area (Å²) in [6, 6.07) is 9.54. The third-order valence-corrected chi connectivity index (χ3v) is 3.33. The molecule has 1 unspecified atom stereocenters. The van der Waals surface area contributed by atoms with E-state index in [0.717, 1.165) is 0 Å². The van der Waals surface area contributed by atoms with E-state index in [4.69, 9.17) is 9.84 Å². The molecule has 0 bridgehead atoms. The summed E-state index contributed by atoms with van der Waals surface area (Å²) in [6.07, 6.45) is -4.94. The van der Waals surface area contributed by atoms with Crippen molar-refractivity contribution >= 4 is 11.7 Å². The smallest absolute Gasteiger partial charge is 0.292 e. The fourth-order valence-electron chi connectivity index (χ4n) is 2.07. The Balaban J connectivity index is 2.05. The topological polar surface area (TPSA) is 106 Å². The van der Waals surface area contributed by atoms with Gasteiger partial charge in [0.2, 0.25) is 0 Å². The molecule has 0 spiro atoms. The molecule has 0 radical (unpaired) electrons. The summed E-state index contributed by atoms with van der Waals surface area (Å²) in [4.78, 5) is 6.02. The van der Waals surface area contributed by atoms with Gasteiger partial charge in [0.1, 0.15) is 24.4 Å². The van der Waals surface area contributed by atoms with E-state index in [1.807, 2.05) is 30.3 Å². The van der Waals surface area contributed by atoms with Gasteiger partial charge in [-0.15, -0.1) is 0 Å². The van der Waals surface area contributed by atoms with Crippen LogP contribution in [0.1, 0.15) is 0 Å². The van der Waals surface area contributed by atoms with Crippen molar-refractivity contribution in [2.24, 2.45) is 4.99 Å². The lowest BCUT2D eigenvalue weighted by atomic mass is 10.0. The highest BCUT2D eigenvalue weighted by Gasteiger charge is 2.38. The van der Waals surface area contributed by atoms with Crippen LogP contribution in [0.5, 0.6) is 0 Å². The summed E-state index contributed by atoms with van der Waals surface area (Å²) in [5.41, 5.74) is 0.713. The van der Waals surface area contributed by atoms with Crippen LogP contribution in [0.25, 0.3) is 0 Å². The molecule has 1 aliphatic heterocycles. The minimum atomic E-state index is -1.48. The fourth-order valence-corrected chi connectivity index (χ4v) is 2.07. The standard InChI is InChI=1S/C14H20N2O5/c1-16-7-11(13(20)12(19)10(18)8-17)21-14(16)15-9-5-3-2-4-6-9/h2-6,10-13,17-20H,7-8H2,1H3/t10-,11?,12-,13-/m1/s1. The van der Waals surface area contributed by atoms with Crippen LogP contribution in [0.3, 0.4) is 0 Å². The number of hydrogen-bond acceptors (Lipinski definition) is 6. The van der Waals surface area contributed by atoms with E-state index in [0.29, 0.717) is 18.3 Å². The number of aliphatic hydroxyl groups is 4. The van der Waals surface area contributed by atoms with Crippen molar-refractivity contribution in [3.8, 4) is 0 Å². The van der Waals surface area contributed by atoms with Crippen molar-refractivity contribution in [1.82, 2.24) is 4.90 Å². The number of para-hydroxylation sites is 1. The first-order valence-corrected chi connectivity index (χ1v) is 6.69. The Morgan fingerprint density at radius 1 is 1.29 bits per heavy atom. The normalized spacial score (nSPS) is 24.7. The number of benzene rings is 1. The zero-order valence-electron chi connectivity index (χ0n) is 11.7. The first-order chi connectivity index (χ1) is 10.0. The highest BCUT2D eigenvalue weighted by molar-refractivity contribution is 5.78. The summed E-state index contributed by atoms with van der Waals surface area (Å²) in [7, 11) is 1.75. The van der Waals surface area contributed by atoms with Crippen molar-refractivity contribution in [1.29, 1.82) is 0 Å². The predicted octanol–water partition coefficient (Wildman–Crippen LogP) is -0.920. The maximum atomic E-state index is 9.99. The average Bonchev–Trinajstić information content (AvgIpc) is 2.87. The van der Waals surface area contributed by atoms with E-state index in [1.165, 1.54) is 0 Å². The summed E-state index contributed by atoms with van der Waals surface area (Å²) in [5.74, 6) is 0. The zero-order valence-corrected chi connectivity index (χ0v) is 11.7. The van der Waals surface area contributed by atoms with Crippen LogP contribution in [0, 0.1) is 0 Å². The maximum Gasteiger partial charge on any atom is 0.292 e. The van der Waals surface area contributed by atoms with Crippen molar-refractivity contribution < 1.29 is 25.2 Å². The summed E-state index contributed by atoms with van der Waals surface area (Å²) < 4.78 is 5.53. The number of likely N-dealkylation sites (N-methyl/N-ethyl adjacent to an activating group) is 1. The van der Waals surface area contributed by atoms with E-state index in [1.54, 1.807) is 11.9 Å². The van der Waals surface area contributed by atoms with E-state index < -0.39 is 31.0 Å². The Kier molecular flexibility index (Phi) is 5.13. The van der Waals surface area contributed by atoms with Gasteiger partial charge in [0.25, 0.3) is 6.02 Å². The summed E-state index contributed by atoms with van der Waals surface area (Å²) >= 11 is 0. The lowest BCUT2D eigenvalue weighted by Gasteiger charge is -2.24. The van der Waals surface area contributed by atoms with Gasteiger partial charge in [-0.1, -0.05) is 18.2 Å². The van der Waals surface area contributed by atoms with Crippen LogP contribution in [0.2, 0.25) is 0 Å². The lowest BCUT2D eigenvalue weighted by Crippen LogP contribution is -2.47. The molecule has 1 saturated heterocycles. The van der Waals surface area contributed by atoms with Crippen LogP contribution in [-0.4, -0.2) is 76.0 Å². The van der Waals surface area contributed by atoms with Gasteiger partial charge in [-0.05, 0) is 12.1 Å². The SMILES string of the molecule is CN1CC([C@@H](O)[C@H](O)[C@H](O)CO)OC1=Nc1ccccc1. The van der Waals surface area contributed by atoms with Crippen molar-refractivity contribution in [3.05, 3.63) is 30.3 Å². The second-order valence-corrected chi connectivity index (χ2v) is 5.00. The molecule has 4 N–H and O–H groups in total. The van der Waals surface area contributed by atoms with Gasteiger partial charge in [-0.25, -0.2) is 0 Å². The van der Waals surface area contributed by atoms with Gasteiger partial charge in [-0.3, -0.25) is 0 Å². The highest BCUT2D eigenvalue weighted by atomic mass is 16.5. The van der Waals surface area contributed by atoms with Crippen LogP contribution < -0.4 is 0 Å². The van der Waals surface area contributed by atoms with Gasteiger partial charge in [0, 0.05) is 7.05 Å². The Labute approximate surface area is 122 Å². The average molecular weight is 296 g/mol. The number of rotatable bonds is 5. The summed E-state index contributed by atoms with van der Waals surface area (Å²) in [6.45, 7) is -0.312. The second kappa shape index (κ2) is 6.86. The van der Waals surface area contributed by atoms with Crippen molar-refractivity contribution in [2.45, 2.75) is 24.4 Å². The molecule has 1 heterocycles. The first kappa shape index (κ1) is 15.7. The predicted molar refractivity (Wildman–Crippen MR) is 76.1 cm³/mol. The van der Waals surface area contributed by atoms with Crippen LogP contribution >= 0.6 is 0 Å². The van der Waals surface area contributed by atoms with Crippen LogP contribution in [-0.2, 0) is 4.74 Å². The van der Waals surface area contributed by atoms with Crippen LogP contribution in [0.15, 0.2) is 35.3 Å². The molecule has 1 fully saturated rings. The Morgan fingerprint density at radius 2 is 1.95 bits per heavy atom. The number of ether oxygens (including phenoxy) is 1. The number of nitrogens with zero attached hydrogens (tertiary/aromatic N) is 2. The molecule has 2 rings (SSSR count). The molecular weight excluding hydrogens is 276 g/mol. The van der Waals surface area contributed by atoms with E-state index in [9.17, 15) is 15.3 Å². The quantitative estimate of drug-likeness (QED) is 0.560. The maximum absolute atomic E-state index is 9.99. The molecule has 4 atom stereocenters. The first-order valence-electron chi connectivity index (χ1n) is 6.69. The molecular formula is C14H20N2O5. The third kappa shape index (κ3) is 3.70. The van der Waals surface area contributed by atoms with Crippen molar-refractivity contribution in [2.75, 3.05) is 20.2 Å². The van der Waals surface area contributed by atoms with E-state index in [-0.39, 0.29) is 0 Å². The molecule has 116 valence electrons. The van der Waals surface area contributed by atoms with Crippen molar-refractivity contribution in [3.63, 3.8) is 0 Å². The Bertz CT molecular complexity index is 482. The number of aliphatic imine (C=N–C) groups is 1. The van der Waals surface area contributed by atoms with Gasteiger partial charge >= 0.3 is 0 Å². The highest BCUT2D eigenvalue weighted by Crippen LogP contribution is 2.20. The molecule has 0 amide bonds. The Hall–Kier alpha value is -1.67. The molecule has 7 nitrogen and oxygen atoms in total.